The Bertz CT molecular complexity index is 444. The van der Waals surface area contributed by atoms with Crippen molar-refractivity contribution in [1.29, 1.82) is 0 Å². The standard InChI is InChI=1S/C11H12BrN3S/c1-13-9(10-7-14-3-4-15-10)6-11-8(12)2-5-16-11/h2-5,7,9,13H,6H2,1H3. The summed E-state index contributed by atoms with van der Waals surface area (Å²) in [5.74, 6) is 0. The fourth-order valence-corrected chi connectivity index (χ4v) is 3.06. The monoisotopic (exact) mass is 297 g/mol. The highest BCUT2D eigenvalue weighted by molar-refractivity contribution is 9.10. The lowest BCUT2D eigenvalue weighted by Crippen LogP contribution is -2.19. The quantitative estimate of drug-likeness (QED) is 0.943. The average molecular weight is 298 g/mol. The topological polar surface area (TPSA) is 37.8 Å². The van der Waals surface area contributed by atoms with Gasteiger partial charge >= 0.3 is 0 Å². The van der Waals surface area contributed by atoms with E-state index in [9.17, 15) is 0 Å². The molecule has 0 aliphatic heterocycles. The van der Waals surface area contributed by atoms with E-state index in [0.29, 0.717) is 0 Å². The molecule has 2 aromatic heterocycles. The third kappa shape index (κ3) is 2.66. The second-order valence-electron chi connectivity index (χ2n) is 3.37. The Balaban J connectivity index is 2.16. The van der Waals surface area contributed by atoms with Crippen LogP contribution in [0.2, 0.25) is 0 Å². The van der Waals surface area contributed by atoms with Crippen LogP contribution in [-0.2, 0) is 6.42 Å². The molecule has 2 rings (SSSR count). The van der Waals surface area contributed by atoms with Crippen molar-refractivity contribution in [2.75, 3.05) is 7.05 Å². The Morgan fingerprint density at radius 2 is 2.38 bits per heavy atom. The van der Waals surface area contributed by atoms with E-state index >= 15 is 0 Å². The summed E-state index contributed by atoms with van der Waals surface area (Å²) < 4.78 is 1.17. The fourth-order valence-electron chi connectivity index (χ4n) is 1.50. The summed E-state index contributed by atoms with van der Waals surface area (Å²) in [7, 11) is 1.95. The summed E-state index contributed by atoms with van der Waals surface area (Å²) in [6, 6.07) is 2.28. The summed E-state index contributed by atoms with van der Waals surface area (Å²) in [4.78, 5) is 9.74. The van der Waals surface area contributed by atoms with Gasteiger partial charge in [-0.05, 0) is 34.4 Å². The van der Waals surface area contributed by atoms with Crippen molar-refractivity contribution in [3.05, 3.63) is 45.1 Å². The second-order valence-corrected chi connectivity index (χ2v) is 5.22. The molecule has 0 fully saturated rings. The molecule has 0 aliphatic rings. The third-order valence-corrected chi connectivity index (χ3v) is 4.32. The van der Waals surface area contributed by atoms with Crippen molar-refractivity contribution in [3.63, 3.8) is 0 Å². The molecule has 2 aromatic rings. The van der Waals surface area contributed by atoms with Crippen LogP contribution in [0.4, 0.5) is 0 Å². The molecule has 0 spiro atoms. The van der Waals surface area contributed by atoms with E-state index in [1.165, 1.54) is 9.35 Å². The van der Waals surface area contributed by atoms with Crippen LogP contribution in [0, 0.1) is 0 Å². The summed E-state index contributed by atoms with van der Waals surface area (Å²) in [6.07, 6.45) is 6.15. The smallest absolute Gasteiger partial charge is 0.0759 e. The summed E-state index contributed by atoms with van der Waals surface area (Å²) in [5.41, 5.74) is 0.977. The molecule has 0 amide bonds. The molecular weight excluding hydrogens is 286 g/mol. The van der Waals surface area contributed by atoms with Crippen molar-refractivity contribution in [2.45, 2.75) is 12.5 Å². The molecule has 0 saturated carbocycles. The van der Waals surface area contributed by atoms with Crippen LogP contribution >= 0.6 is 27.3 Å². The molecule has 0 bridgehead atoms. The largest absolute Gasteiger partial charge is 0.311 e. The van der Waals surface area contributed by atoms with Crippen molar-refractivity contribution in [2.24, 2.45) is 0 Å². The molecule has 0 saturated heterocycles. The highest BCUT2D eigenvalue weighted by Gasteiger charge is 2.13. The lowest BCUT2D eigenvalue weighted by Gasteiger charge is -2.14. The maximum Gasteiger partial charge on any atom is 0.0759 e. The second kappa shape index (κ2) is 5.52. The summed E-state index contributed by atoms with van der Waals surface area (Å²) in [5, 5.41) is 5.35. The first-order valence-electron chi connectivity index (χ1n) is 4.96. The molecular formula is C11H12BrN3S. The van der Waals surface area contributed by atoms with Gasteiger partial charge in [0.05, 0.1) is 11.7 Å². The van der Waals surface area contributed by atoms with Crippen molar-refractivity contribution < 1.29 is 0 Å². The first-order chi connectivity index (χ1) is 7.81. The van der Waals surface area contributed by atoms with Gasteiger partial charge in [0.2, 0.25) is 0 Å². The molecule has 0 radical (unpaired) electrons. The van der Waals surface area contributed by atoms with Gasteiger partial charge in [0, 0.05) is 34.4 Å². The van der Waals surface area contributed by atoms with Gasteiger partial charge in [-0.25, -0.2) is 0 Å². The first-order valence-corrected chi connectivity index (χ1v) is 6.63. The number of nitrogens with zero attached hydrogens (tertiary/aromatic N) is 2. The van der Waals surface area contributed by atoms with Crippen LogP contribution in [0.15, 0.2) is 34.5 Å². The predicted octanol–water partition coefficient (Wildman–Crippen LogP) is 2.80. The molecule has 84 valence electrons. The normalized spacial score (nSPS) is 12.6. The highest BCUT2D eigenvalue weighted by Crippen LogP contribution is 2.27. The van der Waals surface area contributed by atoms with Crippen molar-refractivity contribution in [1.82, 2.24) is 15.3 Å². The molecule has 3 nitrogen and oxygen atoms in total. The summed E-state index contributed by atoms with van der Waals surface area (Å²) >= 11 is 5.30. The lowest BCUT2D eigenvalue weighted by atomic mass is 10.1. The van der Waals surface area contributed by atoms with Crippen LogP contribution in [0.1, 0.15) is 16.6 Å². The maximum atomic E-state index is 4.32. The number of hydrogen-bond acceptors (Lipinski definition) is 4. The Morgan fingerprint density at radius 1 is 1.50 bits per heavy atom. The van der Waals surface area contributed by atoms with Gasteiger partial charge in [-0.2, -0.15) is 0 Å². The maximum absolute atomic E-state index is 4.32. The molecule has 0 aliphatic carbocycles. The van der Waals surface area contributed by atoms with Gasteiger partial charge in [-0.3, -0.25) is 9.97 Å². The van der Waals surface area contributed by atoms with Gasteiger partial charge in [-0.15, -0.1) is 11.3 Å². The Hall–Kier alpha value is -0.780. The number of rotatable bonds is 4. The number of halogens is 1. The number of likely N-dealkylation sites (N-methyl/N-ethyl adjacent to an activating group) is 1. The van der Waals surface area contributed by atoms with E-state index in [2.05, 4.69) is 42.7 Å². The minimum Gasteiger partial charge on any atom is -0.311 e. The lowest BCUT2D eigenvalue weighted by molar-refractivity contribution is 0.576. The highest BCUT2D eigenvalue weighted by atomic mass is 79.9. The minimum atomic E-state index is 0.212. The van der Waals surface area contributed by atoms with E-state index < -0.39 is 0 Å². The van der Waals surface area contributed by atoms with Crippen molar-refractivity contribution in [3.8, 4) is 0 Å². The zero-order valence-corrected chi connectivity index (χ0v) is 11.3. The van der Waals surface area contributed by atoms with Crippen LogP contribution < -0.4 is 5.32 Å². The molecule has 2 heterocycles. The van der Waals surface area contributed by atoms with E-state index in [4.69, 9.17) is 0 Å². The predicted molar refractivity (Wildman–Crippen MR) is 69.6 cm³/mol. The number of aromatic nitrogens is 2. The first kappa shape index (κ1) is 11.7. The molecule has 5 heteroatoms. The van der Waals surface area contributed by atoms with E-state index in [1.807, 2.05) is 13.2 Å². The van der Waals surface area contributed by atoms with E-state index in [0.717, 1.165) is 12.1 Å². The Morgan fingerprint density at radius 3 is 2.94 bits per heavy atom. The fraction of sp³-hybridized carbons (Fsp3) is 0.273. The van der Waals surface area contributed by atoms with Gasteiger partial charge in [0.1, 0.15) is 0 Å². The van der Waals surface area contributed by atoms with Gasteiger partial charge in [-0.1, -0.05) is 0 Å². The van der Waals surface area contributed by atoms with Crippen LogP contribution in [-0.4, -0.2) is 17.0 Å². The van der Waals surface area contributed by atoms with E-state index in [1.54, 1.807) is 23.7 Å². The van der Waals surface area contributed by atoms with Crippen LogP contribution in [0.25, 0.3) is 0 Å². The molecule has 16 heavy (non-hydrogen) atoms. The SMILES string of the molecule is CNC(Cc1sccc1Br)c1cnccn1. The zero-order chi connectivity index (χ0) is 11.4. The molecule has 1 N–H and O–H groups in total. The molecule has 0 aromatic carbocycles. The van der Waals surface area contributed by atoms with Crippen LogP contribution in [0.3, 0.4) is 0 Å². The number of thiophene rings is 1. The molecule has 1 atom stereocenters. The number of hydrogen-bond donors (Lipinski definition) is 1. The van der Waals surface area contributed by atoms with Crippen molar-refractivity contribution >= 4 is 27.3 Å². The summed E-state index contributed by atoms with van der Waals surface area (Å²) in [6.45, 7) is 0. The van der Waals surface area contributed by atoms with Gasteiger partial charge < -0.3 is 5.32 Å². The Labute approximate surface area is 107 Å². The Kier molecular flexibility index (Phi) is 4.04. The van der Waals surface area contributed by atoms with Gasteiger partial charge in [0.25, 0.3) is 0 Å². The molecule has 1 unspecified atom stereocenters. The van der Waals surface area contributed by atoms with Gasteiger partial charge in [0.15, 0.2) is 0 Å². The zero-order valence-electron chi connectivity index (χ0n) is 8.85. The minimum absolute atomic E-state index is 0.212. The third-order valence-electron chi connectivity index (χ3n) is 2.37. The number of nitrogens with one attached hydrogen (secondary N) is 1. The van der Waals surface area contributed by atoms with Crippen LogP contribution in [0.5, 0.6) is 0 Å². The van der Waals surface area contributed by atoms with E-state index in [-0.39, 0.29) is 6.04 Å². The average Bonchev–Trinajstić information content (AvgIpc) is 2.73.